The predicted molar refractivity (Wildman–Crippen MR) is 90.5 cm³/mol. The molecule has 0 radical (unpaired) electrons. The van der Waals surface area contributed by atoms with E-state index in [4.69, 9.17) is 32.7 Å². The number of rotatable bonds is 1. The summed E-state index contributed by atoms with van der Waals surface area (Å²) in [7, 11) is 0. The number of urea groups is 1. The van der Waals surface area contributed by atoms with Crippen molar-refractivity contribution in [2.24, 2.45) is 0 Å². The maximum absolute atomic E-state index is 12.6. The number of hydrogen-bond acceptors (Lipinski definition) is 3. The highest BCUT2D eigenvalue weighted by atomic mass is 35.5. The van der Waals surface area contributed by atoms with Gasteiger partial charge in [-0.1, -0.05) is 23.2 Å². The average molecular weight is 359 g/mol. The van der Waals surface area contributed by atoms with Crippen molar-refractivity contribution < 1.29 is 14.3 Å². The molecule has 7 heteroatoms. The maximum atomic E-state index is 12.6. The molecule has 2 amide bonds. The Kier molecular flexibility index (Phi) is 4.74. The van der Waals surface area contributed by atoms with E-state index in [1.165, 1.54) is 0 Å². The van der Waals surface area contributed by atoms with E-state index in [1.54, 1.807) is 17.0 Å². The molecule has 2 saturated heterocycles. The fraction of sp³-hybridized carbons (Fsp3) is 0.562. The zero-order chi connectivity index (χ0) is 16.6. The number of nitrogens with zero attached hydrogens (tertiary/aromatic N) is 1. The van der Waals surface area contributed by atoms with Gasteiger partial charge in [0.05, 0.1) is 19.3 Å². The van der Waals surface area contributed by atoms with E-state index >= 15 is 0 Å². The number of halogens is 2. The number of hydrogen-bond donors (Lipinski definition) is 1. The van der Waals surface area contributed by atoms with E-state index < -0.39 is 5.60 Å². The Labute approximate surface area is 145 Å². The van der Waals surface area contributed by atoms with Crippen LogP contribution >= 0.6 is 23.2 Å². The lowest BCUT2D eigenvalue weighted by Gasteiger charge is -2.41. The minimum Gasteiger partial charge on any atom is -0.375 e. The molecule has 126 valence electrons. The summed E-state index contributed by atoms with van der Waals surface area (Å²) < 4.78 is 11.6. The summed E-state index contributed by atoms with van der Waals surface area (Å²) in [5, 5.41) is 3.93. The maximum Gasteiger partial charge on any atom is 0.322 e. The van der Waals surface area contributed by atoms with Gasteiger partial charge in [0, 0.05) is 35.3 Å². The van der Waals surface area contributed by atoms with Gasteiger partial charge in [-0.2, -0.15) is 0 Å². The quantitative estimate of drug-likeness (QED) is 0.832. The lowest BCUT2D eigenvalue weighted by molar-refractivity contribution is -0.124. The molecule has 1 aromatic rings. The van der Waals surface area contributed by atoms with Crippen LogP contribution in [-0.4, -0.2) is 48.9 Å². The van der Waals surface area contributed by atoms with Gasteiger partial charge >= 0.3 is 6.03 Å². The number of amides is 2. The average Bonchev–Trinajstić information content (AvgIpc) is 2.85. The third-order valence-electron chi connectivity index (χ3n) is 4.66. The highest BCUT2D eigenvalue weighted by Crippen LogP contribution is 2.33. The Hall–Kier alpha value is -1.01. The molecule has 0 bridgehead atoms. The van der Waals surface area contributed by atoms with Crippen molar-refractivity contribution in [3.05, 3.63) is 27.7 Å². The van der Waals surface area contributed by atoms with E-state index in [2.05, 4.69) is 5.32 Å². The Morgan fingerprint density at radius 2 is 2.04 bits per heavy atom. The lowest BCUT2D eigenvalue weighted by Crippen LogP contribution is -2.57. The number of morpholine rings is 1. The molecule has 1 spiro atoms. The fourth-order valence-corrected chi connectivity index (χ4v) is 3.55. The molecule has 0 saturated carbocycles. The summed E-state index contributed by atoms with van der Waals surface area (Å²) in [6, 6.07) is 3.24. The van der Waals surface area contributed by atoms with Gasteiger partial charge in [-0.25, -0.2) is 4.79 Å². The van der Waals surface area contributed by atoms with Crippen molar-refractivity contribution in [1.82, 2.24) is 4.90 Å². The minimum absolute atomic E-state index is 0.0126. The minimum atomic E-state index is -0.391. The Morgan fingerprint density at radius 1 is 1.35 bits per heavy atom. The fourth-order valence-electron chi connectivity index (χ4n) is 3.06. The van der Waals surface area contributed by atoms with Crippen LogP contribution in [0.25, 0.3) is 0 Å². The van der Waals surface area contributed by atoms with Gasteiger partial charge in [0.1, 0.15) is 5.60 Å². The molecule has 2 unspecified atom stereocenters. The van der Waals surface area contributed by atoms with Crippen LogP contribution in [0.5, 0.6) is 0 Å². The van der Waals surface area contributed by atoms with Crippen LogP contribution in [0.4, 0.5) is 10.5 Å². The van der Waals surface area contributed by atoms with Crippen LogP contribution in [0.15, 0.2) is 12.1 Å². The third-order valence-corrected chi connectivity index (χ3v) is 5.45. The summed E-state index contributed by atoms with van der Waals surface area (Å²) in [4.78, 5) is 14.3. The summed E-state index contributed by atoms with van der Waals surface area (Å²) in [5.74, 6) is 0. The molecule has 2 fully saturated rings. The van der Waals surface area contributed by atoms with Crippen molar-refractivity contribution in [2.45, 2.75) is 32.0 Å². The number of nitrogens with one attached hydrogen (secondary N) is 1. The zero-order valence-corrected chi connectivity index (χ0v) is 14.7. The van der Waals surface area contributed by atoms with Crippen LogP contribution in [0.2, 0.25) is 10.0 Å². The number of anilines is 1. The van der Waals surface area contributed by atoms with Crippen molar-refractivity contribution in [1.29, 1.82) is 0 Å². The van der Waals surface area contributed by atoms with E-state index in [0.29, 0.717) is 42.0 Å². The van der Waals surface area contributed by atoms with Crippen LogP contribution in [0, 0.1) is 6.92 Å². The molecule has 1 N–H and O–H groups in total. The highest BCUT2D eigenvalue weighted by molar-refractivity contribution is 6.36. The number of ether oxygens (including phenoxy) is 2. The first-order chi connectivity index (χ1) is 10.9. The largest absolute Gasteiger partial charge is 0.375 e. The number of carbonyl (C=O) groups is 1. The molecular formula is C16H20Cl2N2O3. The topological polar surface area (TPSA) is 50.8 Å². The molecule has 5 nitrogen and oxygen atoms in total. The first-order valence-electron chi connectivity index (χ1n) is 7.68. The van der Waals surface area contributed by atoms with Gasteiger partial charge in [-0.3, -0.25) is 0 Å². The van der Waals surface area contributed by atoms with Gasteiger partial charge in [0.15, 0.2) is 0 Å². The van der Waals surface area contributed by atoms with E-state index in [1.807, 2.05) is 13.8 Å². The first-order valence-corrected chi connectivity index (χ1v) is 8.44. The normalized spacial score (nSPS) is 27.5. The van der Waals surface area contributed by atoms with Gasteiger partial charge < -0.3 is 19.7 Å². The Bertz CT molecular complexity index is 602. The molecule has 0 aromatic heterocycles. The number of carbonyl (C=O) groups excluding carboxylic acids is 1. The van der Waals surface area contributed by atoms with E-state index in [-0.39, 0.29) is 12.1 Å². The second-order valence-corrected chi connectivity index (χ2v) is 6.91. The van der Waals surface area contributed by atoms with Crippen molar-refractivity contribution >= 4 is 34.9 Å². The second kappa shape index (κ2) is 6.48. The predicted octanol–water partition coefficient (Wildman–Crippen LogP) is 3.71. The van der Waals surface area contributed by atoms with Crippen LogP contribution in [-0.2, 0) is 9.47 Å². The standard InChI is InChI=1S/C16H20Cl2N2O3/c1-10-13(17)7-12(8-14(10)18)19-15(21)20-4-6-23-16(9-20)3-5-22-11(16)2/h7-8,11H,3-6,9H2,1-2H3,(H,19,21). The van der Waals surface area contributed by atoms with E-state index in [0.717, 1.165) is 12.0 Å². The summed E-state index contributed by atoms with van der Waals surface area (Å²) in [6.07, 6.45) is 0.793. The first kappa shape index (κ1) is 16.8. The molecule has 2 atom stereocenters. The van der Waals surface area contributed by atoms with Gasteiger partial charge in [0.2, 0.25) is 0 Å². The molecule has 23 heavy (non-hydrogen) atoms. The summed E-state index contributed by atoms with van der Waals surface area (Å²) in [6.45, 7) is 6.08. The van der Waals surface area contributed by atoms with Crippen LogP contribution in [0.1, 0.15) is 18.9 Å². The lowest BCUT2D eigenvalue weighted by atomic mass is 9.94. The molecule has 1 aromatic carbocycles. The molecule has 2 aliphatic heterocycles. The molecule has 3 rings (SSSR count). The monoisotopic (exact) mass is 358 g/mol. The zero-order valence-electron chi connectivity index (χ0n) is 13.2. The SMILES string of the molecule is Cc1c(Cl)cc(NC(=O)N2CCOC3(CCOC3C)C2)cc1Cl. The third kappa shape index (κ3) is 3.29. The van der Waals surface area contributed by atoms with E-state index in [9.17, 15) is 4.79 Å². The van der Waals surface area contributed by atoms with Crippen molar-refractivity contribution in [2.75, 3.05) is 31.6 Å². The van der Waals surface area contributed by atoms with Crippen molar-refractivity contribution in [3.63, 3.8) is 0 Å². The summed E-state index contributed by atoms with van der Waals surface area (Å²) >= 11 is 12.2. The second-order valence-electron chi connectivity index (χ2n) is 6.09. The molecule has 2 aliphatic rings. The highest BCUT2D eigenvalue weighted by Gasteiger charge is 2.47. The van der Waals surface area contributed by atoms with Gasteiger partial charge in [-0.15, -0.1) is 0 Å². The van der Waals surface area contributed by atoms with Crippen molar-refractivity contribution in [3.8, 4) is 0 Å². The van der Waals surface area contributed by atoms with Gasteiger partial charge in [-0.05, 0) is 31.5 Å². The molecule has 0 aliphatic carbocycles. The smallest absolute Gasteiger partial charge is 0.322 e. The van der Waals surface area contributed by atoms with Crippen LogP contribution in [0.3, 0.4) is 0 Å². The molecular weight excluding hydrogens is 339 g/mol. The van der Waals surface area contributed by atoms with Gasteiger partial charge in [0.25, 0.3) is 0 Å². The summed E-state index contributed by atoms with van der Waals surface area (Å²) in [5.41, 5.74) is 0.999. The molecule has 2 heterocycles. The number of benzene rings is 1. The Morgan fingerprint density at radius 3 is 2.65 bits per heavy atom. The van der Waals surface area contributed by atoms with Crippen LogP contribution < -0.4 is 5.32 Å². The Balaban J connectivity index is 1.71.